The van der Waals surface area contributed by atoms with Crippen LogP contribution in [0.25, 0.3) is 6.08 Å². The Labute approximate surface area is 116 Å². The molecule has 1 aromatic rings. The second kappa shape index (κ2) is 9.49. The molecular weight excluding hydrogens is 255 g/mol. The van der Waals surface area contributed by atoms with E-state index >= 15 is 0 Å². The molecule has 0 amide bonds. The molecule has 0 unspecified atom stereocenters. The molecule has 1 aliphatic rings. The average Bonchev–Trinajstić information content (AvgIpc) is 2.32. The lowest BCUT2D eigenvalue weighted by atomic mass is 10.2. The normalized spacial score (nSPS) is 16.2. The van der Waals surface area contributed by atoms with E-state index in [1.54, 1.807) is 0 Å². The van der Waals surface area contributed by atoms with E-state index in [-0.39, 0.29) is 24.8 Å². The van der Waals surface area contributed by atoms with E-state index in [9.17, 15) is 0 Å². The monoisotopic (exact) mass is 274 g/mol. The molecule has 4 heteroatoms. The van der Waals surface area contributed by atoms with Crippen molar-refractivity contribution in [1.82, 2.24) is 10.2 Å². The highest BCUT2D eigenvalue weighted by atomic mass is 35.5. The fourth-order valence-corrected chi connectivity index (χ4v) is 1.80. The van der Waals surface area contributed by atoms with Crippen LogP contribution in [0.1, 0.15) is 5.56 Å². The Balaban J connectivity index is 0.00000128. The predicted octanol–water partition coefficient (Wildman–Crippen LogP) is 2.45. The number of benzene rings is 1. The highest BCUT2D eigenvalue weighted by molar-refractivity contribution is 5.85. The van der Waals surface area contributed by atoms with Crippen molar-refractivity contribution in [2.24, 2.45) is 0 Å². The van der Waals surface area contributed by atoms with Crippen molar-refractivity contribution in [1.29, 1.82) is 0 Å². The van der Waals surface area contributed by atoms with Crippen molar-refractivity contribution in [3.05, 3.63) is 42.0 Å². The molecule has 1 heterocycles. The summed E-state index contributed by atoms with van der Waals surface area (Å²) in [5.74, 6) is 0. The molecule has 1 saturated heterocycles. The molecule has 0 bridgehead atoms. The van der Waals surface area contributed by atoms with Crippen LogP contribution in [0.15, 0.2) is 36.4 Å². The Kier molecular flexibility index (Phi) is 9.18. The number of rotatable bonds is 3. The second-order valence-electron chi connectivity index (χ2n) is 3.86. The average molecular weight is 275 g/mol. The second-order valence-corrected chi connectivity index (χ2v) is 3.86. The van der Waals surface area contributed by atoms with Crippen LogP contribution in [0.4, 0.5) is 0 Å². The molecule has 17 heavy (non-hydrogen) atoms. The molecule has 1 aromatic carbocycles. The SMILES string of the molecule is C(=Cc1ccccc1)CN1CCNCC1.Cl.Cl. The van der Waals surface area contributed by atoms with E-state index in [1.807, 2.05) is 6.07 Å². The molecule has 1 aliphatic heterocycles. The first kappa shape index (κ1) is 16.5. The lowest BCUT2D eigenvalue weighted by Crippen LogP contribution is -2.43. The van der Waals surface area contributed by atoms with Gasteiger partial charge in [0, 0.05) is 32.7 Å². The Hall–Kier alpha value is -0.540. The van der Waals surface area contributed by atoms with Crippen LogP contribution < -0.4 is 5.32 Å². The Morgan fingerprint density at radius 2 is 1.71 bits per heavy atom. The minimum atomic E-state index is 0. The predicted molar refractivity (Wildman–Crippen MR) is 79.3 cm³/mol. The molecule has 0 radical (unpaired) electrons. The quantitative estimate of drug-likeness (QED) is 0.911. The molecule has 2 nitrogen and oxygen atoms in total. The smallest absolute Gasteiger partial charge is 0.0167 e. The third-order valence-corrected chi connectivity index (χ3v) is 2.68. The van der Waals surface area contributed by atoms with E-state index in [2.05, 4.69) is 46.6 Å². The zero-order chi connectivity index (χ0) is 10.3. The van der Waals surface area contributed by atoms with Gasteiger partial charge in [-0.2, -0.15) is 0 Å². The first-order valence-corrected chi connectivity index (χ1v) is 5.60. The third-order valence-electron chi connectivity index (χ3n) is 2.68. The van der Waals surface area contributed by atoms with Gasteiger partial charge in [-0.3, -0.25) is 4.90 Å². The van der Waals surface area contributed by atoms with Crippen LogP contribution in [0.5, 0.6) is 0 Å². The van der Waals surface area contributed by atoms with Gasteiger partial charge >= 0.3 is 0 Å². The number of nitrogens with zero attached hydrogens (tertiary/aromatic N) is 1. The van der Waals surface area contributed by atoms with E-state index < -0.39 is 0 Å². The number of hydrogen-bond donors (Lipinski definition) is 1. The standard InChI is InChI=1S/C13H18N2.2ClH/c1-2-5-13(6-3-1)7-4-10-15-11-8-14-9-12-15;;/h1-7,14H,8-12H2;2*1H. The van der Waals surface area contributed by atoms with E-state index in [0.717, 1.165) is 19.6 Å². The van der Waals surface area contributed by atoms with Gasteiger partial charge in [0.2, 0.25) is 0 Å². The number of halogens is 2. The fourth-order valence-electron chi connectivity index (χ4n) is 1.80. The van der Waals surface area contributed by atoms with Gasteiger partial charge in [0.1, 0.15) is 0 Å². The maximum absolute atomic E-state index is 3.36. The lowest BCUT2D eigenvalue weighted by molar-refractivity contribution is 0.265. The van der Waals surface area contributed by atoms with E-state index in [4.69, 9.17) is 0 Å². The Morgan fingerprint density at radius 3 is 2.35 bits per heavy atom. The summed E-state index contributed by atoms with van der Waals surface area (Å²) in [6, 6.07) is 10.5. The highest BCUT2D eigenvalue weighted by Crippen LogP contribution is 2.01. The molecule has 1 N–H and O–H groups in total. The molecular formula is C13H20Cl2N2. The molecule has 1 fully saturated rings. The topological polar surface area (TPSA) is 15.3 Å². The number of piperazine rings is 1. The van der Waals surface area contributed by atoms with Crippen LogP contribution in [0.2, 0.25) is 0 Å². The maximum Gasteiger partial charge on any atom is 0.0167 e. The summed E-state index contributed by atoms with van der Waals surface area (Å²) in [6.07, 6.45) is 4.45. The van der Waals surface area contributed by atoms with Gasteiger partial charge in [0.15, 0.2) is 0 Å². The van der Waals surface area contributed by atoms with Gasteiger partial charge in [-0.05, 0) is 5.56 Å². The summed E-state index contributed by atoms with van der Waals surface area (Å²) < 4.78 is 0. The summed E-state index contributed by atoms with van der Waals surface area (Å²) in [5.41, 5.74) is 1.28. The van der Waals surface area contributed by atoms with Gasteiger partial charge in [-0.15, -0.1) is 24.8 Å². The summed E-state index contributed by atoms with van der Waals surface area (Å²) in [4.78, 5) is 2.47. The molecule has 0 atom stereocenters. The largest absolute Gasteiger partial charge is 0.314 e. The first-order valence-electron chi connectivity index (χ1n) is 5.60. The van der Waals surface area contributed by atoms with Crippen LogP contribution in [-0.4, -0.2) is 37.6 Å². The van der Waals surface area contributed by atoms with Crippen LogP contribution in [0, 0.1) is 0 Å². The van der Waals surface area contributed by atoms with Crippen molar-refractivity contribution < 1.29 is 0 Å². The zero-order valence-corrected chi connectivity index (χ0v) is 11.5. The maximum atomic E-state index is 3.36. The van der Waals surface area contributed by atoms with Crippen LogP contribution in [-0.2, 0) is 0 Å². The van der Waals surface area contributed by atoms with Crippen LogP contribution >= 0.6 is 24.8 Å². The zero-order valence-electron chi connectivity index (χ0n) is 9.84. The first-order chi connectivity index (χ1) is 7.45. The molecule has 2 rings (SSSR count). The number of nitrogens with one attached hydrogen (secondary N) is 1. The third kappa shape index (κ3) is 6.08. The Morgan fingerprint density at radius 1 is 1.06 bits per heavy atom. The minimum absolute atomic E-state index is 0. The summed E-state index contributed by atoms with van der Waals surface area (Å²) in [5, 5.41) is 3.36. The van der Waals surface area contributed by atoms with Crippen LogP contribution in [0.3, 0.4) is 0 Å². The van der Waals surface area contributed by atoms with Crippen molar-refractivity contribution >= 4 is 30.9 Å². The molecule has 0 aromatic heterocycles. The van der Waals surface area contributed by atoms with E-state index in [1.165, 1.54) is 18.7 Å². The Bertz CT molecular complexity index is 308. The van der Waals surface area contributed by atoms with Gasteiger partial charge in [-0.25, -0.2) is 0 Å². The van der Waals surface area contributed by atoms with Gasteiger partial charge < -0.3 is 5.32 Å². The minimum Gasteiger partial charge on any atom is -0.314 e. The summed E-state index contributed by atoms with van der Waals surface area (Å²) >= 11 is 0. The summed E-state index contributed by atoms with van der Waals surface area (Å²) in [6.45, 7) is 5.65. The number of hydrogen-bond acceptors (Lipinski definition) is 2. The highest BCUT2D eigenvalue weighted by Gasteiger charge is 2.06. The molecule has 0 aliphatic carbocycles. The lowest BCUT2D eigenvalue weighted by Gasteiger charge is -2.25. The van der Waals surface area contributed by atoms with E-state index in [0.29, 0.717) is 0 Å². The molecule has 0 saturated carbocycles. The van der Waals surface area contributed by atoms with Crippen molar-refractivity contribution in [3.8, 4) is 0 Å². The van der Waals surface area contributed by atoms with Gasteiger partial charge in [0.05, 0.1) is 0 Å². The van der Waals surface area contributed by atoms with Crippen molar-refractivity contribution in [2.45, 2.75) is 0 Å². The van der Waals surface area contributed by atoms with Crippen molar-refractivity contribution in [3.63, 3.8) is 0 Å². The van der Waals surface area contributed by atoms with Gasteiger partial charge in [-0.1, -0.05) is 42.5 Å². The molecule has 96 valence electrons. The summed E-state index contributed by atoms with van der Waals surface area (Å²) in [7, 11) is 0. The van der Waals surface area contributed by atoms with Gasteiger partial charge in [0.25, 0.3) is 0 Å². The fraction of sp³-hybridized carbons (Fsp3) is 0.385. The molecule has 0 spiro atoms. The van der Waals surface area contributed by atoms with Crippen molar-refractivity contribution in [2.75, 3.05) is 32.7 Å².